The molecule has 1 atom stereocenters. The zero-order chi connectivity index (χ0) is 24.6. The van der Waals surface area contributed by atoms with E-state index in [-0.39, 0.29) is 11.3 Å². The number of carbonyl (C=O) groups excluding carboxylic acids is 2. The van der Waals surface area contributed by atoms with Crippen LogP contribution in [0.15, 0.2) is 66.2 Å². The first kappa shape index (κ1) is 23.1. The van der Waals surface area contributed by atoms with Gasteiger partial charge in [0.15, 0.2) is 0 Å². The largest absolute Gasteiger partial charge is 0.507 e. The summed E-state index contributed by atoms with van der Waals surface area (Å²) in [7, 11) is 3.03. The second-order valence-corrected chi connectivity index (χ2v) is 8.38. The van der Waals surface area contributed by atoms with Crippen LogP contribution in [-0.4, -0.2) is 31.0 Å². The third kappa shape index (κ3) is 3.81. The number of ketones is 1. The number of ether oxygens (including phenoxy) is 2. The first-order valence-electron chi connectivity index (χ1n) is 10.9. The third-order valence-corrected chi connectivity index (χ3v) is 6.26. The Bertz CT molecular complexity index is 1320. The monoisotopic (exact) mass is 457 g/mol. The molecule has 0 saturated carbocycles. The van der Waals surface area contributed by atoms with E-state index in [1.165, 1.54) is 19.1 Å². The average molecular weight is 458 g/mol. The number of hydrogen-bond acceptors (Lipinski definition) is 5. The smallest absolute Gasteiger partial charge is 0.300 e. The number of aliphatic hydroxyl groups is 1. The maximum atomic E-state index is 13.4. The van der Waals surface area contributed by atoms with E-state index < -0.39 is 17.7 Å². The van der Waals surface area contributed by atoms with Crippen molar-refractivity contribution >= 4 is 23.1 Å². The van der Waals surface area contributed by atoms with E-state index in [1.54, 1.807) is 24.3 Å². The maximum absolute atomic E-state index is 13.4. The summed E-state index contributed by atoms with van der Waals surface area (Å²) in [5.74, 6) is -0.867. The summed E-state index contributed by atoms with van der Waals surface area (Å²) in [6.07, 6.45) is 0. The Morgan fingerprint density at radius 3 is 2.24 bits per heavy atom. The maximum Gasteiger partial charge on any atom is 0.300 e. The molecule has 3 aromatic rings. The second-order valence-electron chi connectivity index (χ2n) is 8.38. The van der Waals surface area contributed by atoms with E-state index in [0.717, 1.165) is 16.7 Å². The Kier molecular flexibility index (Phi) is 6.16. The van der Waals surface area contributed by atoms with Gasteiger partial charge >= 0.3 is 0 Å². The molecule has 6 heteroatoms. The molecule has 6 nitrogen and oxygen atoms in total. The lowest BCUT2D eigenvalue weighted by molar-refractivity contribution is -0.132. The summed E-state index contributed by atoms with van der Waals surface area (Å²) >= 11 is 0. The van der Waals surface area contributed by atoms with Crippen molar-refractivity contribution in [1.82, 2.24) is 0 Å². The molecule has 1 N–H and O–H groups in total. The van der Waals surface area contributed by atoms with E-state index >= 15 is 0 Å². The molecule has 1 saturated heterocycles. The number of carbonyl (C=O) groups is 2. The molecule has 1 amide bonds. The summed E-state index contributed by atoms with van der Waals surface area (Å²) in [5.41, 5.74) is 4.42. The summed E-state index contributed by atoms with van der Waals surface area (Å²) < 4.78 is 11.0. The predicted molar refractivity (Wildman–Crippen MR) is 131 cm³/mol. The van der Waals surface area contributed by atoms with Crippen LogP contribution in [0.5, 0.6) is 11.5 Å². The molecule has 0 radical (unpaired) electrons. The molecule has 34 heavy (non-hydrogen) atoms. The summed E-state index contributed by atoms with van der Waals surface area (Å²) in [6.45, 7) is 5.81. The summed E-state index contributed by atoms with van der Waals surface area (Å²) in [6, 6.07) is 17.2. The van der Waals surface area contributed by atoms with Gasteiger partial charge in [-0.1, -0.05) is 35.9 Å². The number of rotatable bonds is 5. The van der Waals surface area contributed by atoms with Gasteiger partial charge in [-0.15, -0.1) is 0 Å². The van der Waals surface area contributed by atoms with Crippen molar-refractivity contribution in [2.24, 2.45) is 0 Å². The normalized spacial score (nSPS) is 17.2. The minimum Gasteiger partial charge on any atom is -0.507 e. The van der Waals surface area contributed by atoms with Crippen LogP contribution in [0.3, 0.4) is 0 Å². The first-order valence-corrected chi connectivity index (χ1v) is 10.9. The number of benzene rings is 3. The highest BCUT2D eigenvalue weighted by atomic mass is 16.5. The zero-order valence-corrected chi connectivity index (χ0v) is 19.9. The van der Waals surface area contributed by atoms with Gasteiger partial charge in [0, 0.05) is 11.3 Å². The number of aryl methyl sites for hydroxylation is 3. The number of para-hydroxylation sites is 1. The molecular weight excluding hydrogens is 430 g/mol. The van der Waals surface area contributed by atoms with Gasteiger partial charge in [-0.05, 0) is 62.2 Å². The fourth-order valence-electron chi connectivity index (χ4n) is 4.31. The van der Waals surface area contributed by atoms with Gasteiger partial charge in [-0.2, -0.15) is 0 Å². The fourth-order valence-corrected chi connectivity index (χ4v) is 4.31. The lowest BCUT2D eigenvalue weighted by atomic mass is 9.93. The molecule has 1 heterocycles. The van der Waals surface area contributed by atoms with Gasteiger partial charge in [0.05, 0.1) is 31.4 Å². The molecule has 1 unspecified atom stereocenters. The van der Waals surface area contributed by atoms with Crippen LogP contribution in [0, 0.1) is 20.8 Å². The van der Waals surface area contributed by atoms with Crippen LogP contribution < -0.4 is 14.4 Å². The molecule has 0 bridgehead atoms. The van der Waals surface area contributed by atoms with E-state index in [1.807, 2.05) is 57.2 Å². The van der Waals surface area contributed by atoms with Gasteiger partial charge < -0.3 is 14.6 Å². The van der Waals surface area contributed by atoms with Gasteiger partial charge in [-0.3, -0.25) is 14.5 Å². The minimum atomic E-state index is -0.886. The Morgan fingerprint density at radius 2 is 1.56 bits per heavy atom. The summed E-state index contributed by atoms with van der Waals surface area (Å²) in [4.78, 5) is 28.3. The third-order valence-electron chi connectivity index (χ3n) is 6.26. The Morgan fingerprint density at radius 1 is 0.853 bits per heavy atom. The van der Waals surface area contributed by atoms with Gasteiger partial charge in [0.2, 0.25) is 0 Å². The fraction of sp³-hybridized carbons (Fsp3) is 0.214. The number of hydrogen-bond donors (Lipinski definition) is 1. The highest BCUT2D eigenvalue weighted by molar-refractivity contribution is 6.51. The van der Waals surface area contributed by atoms with Crippen molar-refractivity contribution in [3.8, 4) is 11.5 Å². The molecule has 0 aromatic heterocycles. The quantitative estimate of drug-likeness (QED) is 0.322. The van der Waals surface area contributed by atoms with Crippen LogP contribution in [0.4, 0.5) is 5.69 Å². The van der Waals surface area contributed by atoms with Crippen LogP contribution >= 0.6 is 0 Å². The molecule has 1 aliphatic heterocycles. The van der Waals surface area contributed by atoms with Crippen molar-refractivity contribution in [2.75, 3.05) is 19.1 Å². The van der Waals surface area contributed by atoms with E-state index in [9.17, 15) is 14.7 Å². The average Bonchev–Trinajstić information content (AvgIpc) is 3.10. The highest BCUT2D eigenvalue weighted by Crippen LogP contribution is 2.46. The van der Waals surface area contributed by atoms with E-state index in [0.29, 0.717) is 28.3 Å². The molecule has 0 spiro atoms. The molecule has 1 aliphatic rings. The predicted octanol–water partition coefficient (Wildman–Crippen LogP) is 5.26. The molecule has 1 fully saturated rings. The molecular formula is C28H27NO5. The zero-order valence-electron chi connectivity index (χ0n) is 19.9. The number of nitrogens with zero attached hydrogens (tertiary/aromatic N) is 1. The first-order chi connectivity index (χ1) is 16.3. The standard InChI is InChI=1S/C28H27NO5/c1-16-10-13-23(34-5)21(14-16)26(30)24-25(20-8-6-7-9-22(20)33-4)29(28(32)27(24)31)19-12-11-17(2)18(3)15-19/h6-15,25,30H,1-5H3/b26-24+. The van der Waals surface area contributed by atoms with Crippen LogP contribution in [0.2, 0.25) is 0 Å². The number of methoxy groups -OCH3 is 2. The molecule has 174 valence electrons. The van der Waals surface area contributed by atoms with Crippen molar-refractivity contribution < 1.29 is 24.2 Å². The minimum absolute atomic E-state index is 0.0170. The second kappa shape index (κ2) is 9.06. The van der Waals surface area contributed by atoms with Crippen LogP contribution in [0.1, 0.15) is 33.9 Å². The van der Waals surface area contributed by atoms with Gasteiger partial charge in [0.1, 0.15) is 17.3 Å². The van der Waals surface area contributed by atoms with E-state index in [4.69, 9.17) is 9.47 Å². The summed E-state index contributed by atoms with van der Waals surface area (Å²) in [5, 5.41) is 11.5. The number of anilines is 1. The van der Waals surface area contributed by atoms with Crippen LogP contribution in [-0.2, 0) is 9.59 Å². The SMILES string of the molecule is COc1ccc(C)cc1/C(O)=C1\C(=O)C(=O)N(c2ccc(C)c(C)c2)C1c1ccccc1OC. The highest BCUT2D eigenvalue weighted by Gasteiger charge is 2.48. The van der Waals surface area contributed by atoms with Gasteiger partial charge in [0.25, 0.3) is 11.7 Å². The lowest BCUT2D eigenvalue weighted by Crippen LogP contribution is -2.29. The Hall–Kier alpha value is -4.06. The lowest BCUT2D eigenvalue weighted by Gasteiger charge is -2.27. The Labute approximate surface area is 199 Å². The van der Waals surface area contributed by atoms with Crippen LogP contribution in [0.25, 0.3) is 5.76 Å². The Balaban J connectivity index is 2.03. The molecule has 3 aromatic carbocycles. The number of amides is 1. The van der Waals surface area contributed by atoms with Crippen molar-refractivity contribution in [3.05, 3.63) is 94.1 Å². The van der Waals surface area contributed by atoms with Crippen molar-refractivity contribution in [1.29, 1.82) is 0 Å². The van der Waals surface area contributed by atoms with Crippen molar-refractivity contribution in [2.45, 2.75) is 26.8 Å². The number of aliphatic hydroxyl groups excluding tert-OH is 1. The molecule has 4 rings (SSSR count). The topological polar surface area (TPSA) is 76.1 Å². The molecule has 0 aliphatic carbocycles. The van der Waals surface area contributed by atoms with Gasteiger partial charge in [-0.25, -0.2) is 0 Å². The van der Waals surface area contributed by atoms with E-state index in [2.05, 4.69) is 0 Å². The van der Waals surface area contributed by atoms with Crippen molar-refractivity contribution in [3.63, 3.8) is 0 Å². The number of Topliss-reactive ketones (excluding diaryl/α,β-unsaturated/α-hetero) is 1.